The minimum atomic E-state index is -0.186. The molecule has 35 heavy (non-hydrogen) atoms. The molecule has 0 saturated carbocycles. The Balaban J connectivity index is 1.37. The molecule has 1 aliphatic heterocycles. The lowest BCUT2D eigenvalue weighted by Crippen LogP contribution is -2.51. The Morgan fingerprint density at radius 2 is 1.74 bits per heavy atom. The molecule has 0 atom stereocenters. The largest absolute Gasteiger partial charge is 0.399 e. The lowest BCUT2D eigenvalue weighted by molar-refractivity contribution is -0.131. The second-order valence-electron chi connectivity index (χ2n) is 8.44. The number of methoxy groups -OCH3 is 1. The summed E-state index contributed by atoms with van der Waals surface area (Å²) in [4.78, 5) is 37.9. The first-order chi connectivity index (χ1) is 16.9. The standard InChI is InChI=1S/C26H30N6O3/c1-18-29-23(15-24(30-18)32-12-11-31(13-14-35-2)25(33)17-32)16-28-26(34)21-5-3-19(4-6-21)20-7-9-22(27)10-8-20/h3-10,15H,11-14,16-17,27H2,1-2H3,(H,28,34). The number of anilines is 2. The van der Waals surface area contributed by atoms with E-state index in [0.29, 0.717) is 54.8 Å². The van der Waals surface area contributed by atoms with Crippen LogP contribution in [-0.2, 0) is 16.1 Å². The van der Waals surface area contributed by atoms with Crippen molar-refractivity contribution in [3.05, 3.63) is 71.7 Å². The van der Waals surface area contributed by atoms with E-state index < -0.39 is 0 Å². The number of hydrogen-bond acceptors (Lipinski definition) is 7. The first-order valence-corrected chi connectivity index (χ1v) is 11.5. The summed E-state index contributed by atoms with van der Waals surface area (Å²) < 4.78 is 5.08. The van der Waals surface area contributed by atoms with Crippen molar-refractivity contribution in [3.8, 4) is 11.1 Å². The van der Waals surface area contributed by atoms with Gasteiger partial charge in [0.1, 0.15) is 11.6 Å². The van der Waals surface area contributed by atoms with Crippen molar-refractivity contribution in [3.63, 3.8) is 0 Å². The molecule has 2 heterocycles. The second kappa shape index (κ2) is 11.0. The Morgan fingerprint density at radius 1 is 1.06 bits per heavy atom. The summed E-state index contributed by atoms with van der Waals surface area (Å²) >= 11 is 0. The summed E-state index contributed by atoms with van der Waals surface area (Å²) in [5.74, 6) is 1.14. The molecule has 9 heteroatoms. The molecule has 0 bridgehead atoms. The van der Waals surface area contributed by atoms with Crippen LogP contribution in [0.1, 0.15) is 21.9 Å². The van der Waals surface area contributed by atoms with Crippen molar-refractivity contribution in [2.75, 3.05) is 50.5 Å². The predicted molar refractivity (Wildman–Crippen MR) is 135 cm³/mol. The summed E-state index contributed by atoms with van der Waals surface area (Å²) in [6, 6.07) is 16.9. The van der Waals surface area contributed by atoms with Crippen molar-refractivity contribution in [2.24, 2.45) is 0 Å². The molecule has 2 aromatic carbocycles. The SMILES string of the molecule is COCCN1CCN(c2cc(CNC(=O)c3ccc(-c4ccc(N)cc4)cc3)nc(C)n2)CC1=O. The third-order valence-electron chi connectivity index (χ3n) is 5.91. The molecule has 3 aromatic rings. The number of aryl methyl sites for hydroxylation is 1. The summed E-state index contributed by atoms with van der Waals surface area (Å²) in [6.07, 6.45) is 0. The third kappa shape index (κ3) is 6.13. The van der Waals surface area contributed by atoms with Crippen LogP contribution in [0.3, 0.4) is 0 Å². The maximum absolute atomic E-state index is 12.7. The van der Waals surface area contributed by atoms with Gasteiger partial charge in [0, 0.05) is 44.1 Å². The predicted octanol–water partition coefficient (Wildman–Crippen LogP) is 2.26. The molecule has 1 aliphatic rings. The molecule has 0 radical (unpaired) electrons. The highest BCUT2D eigenvalue weighted by atomic mass is 16.5. The van der Waals surface area contributed by atoms with Crippen LogP contribution < -0.4 is 16.0 Å². The molecule has 0 spiro atoms. The zero-order valence-electron chi connectivity index (χ0n) is 20.0. The van der Waals surface area contributed by atoms with Gasteiger partial charge in [-0.05, 0) is 42.3 Å². The Bertz CT molecular complexity index is 1180. The molecule has 1 fully saturated rings. The van der Waals surface area contributed by atoms with Crippen molar-refractivity contribution in [1.82, 2.24) is 20.2 Å². The molecule has 3 N–H and O–H groups in total. The van der Waals surface area contributed by atoms with Gasteiger partial charge in [-0.25, -0.2) is 9.97 Å². The van der Waals surface area contributed by atoms with Crippen molar-refractivity contribution in [2.45, 2.75) is 13.5 Å². The topological polar surface area (TPSA) is 114 Å². The number of aromatic nitrogens is 2. The number of nitrogens with one attached hydrogen (secondary N) is 1. The van der Waals surface area contributed by atoms with Crippen LogP contribution in [0.25, 0.3) is 11.1 Å². The zero-order valence-corrected chi connectivity index (χ0v) is 20.0. The number of nitrogens with two attached hydrogens (primary N) is 1. The molecule has 1 saturated heterocycles. The number of carbonyl (C=O) groups excluding carboxylic acids is 2. The van der Waals surface area contributed by atoms with Crippen LogP contribution in [0.5, 0.6) is 0 Å². The molecule has 1 aromatic heterocycles. The first kappa shape index (κ1) is 24.2. The van der Waals surface area contributed by atoms with Gasteiger partial charge >= 0.3 is 0 Å². The van der Waals surface area contributed by atoms with Gasteiger partial charge in [-0.3, -0.25) is 9.59 Å². The van der Waals surface area contributed by atoms with E-state index in [1.807, 2.05) is 47.4 Å². The quantitative estimate of drug-likeness (QED) is 0.482. The van der Waals surface area contributed by atoms with Crippen LogP contribution in [0, 0.1) is 6.92 Å². The summed E-state index contributed by atoms with van der Waals surface area (Å²) in [6.45, 7) is 4.72. The van der Waals surface area contributed by atoms with E-state index in [-0.39, 0.29) is 24.9 Å². The van der Waals surface area contributed by atoms with Crippen LogP contribution >= 0.6 is 0 Å². The maximum atomic E-state index is 12.7. The number of rotatable bonds is 8. The van der Waals surface area contributed by atoms with Gasteiger partial charge in [-0.2, -0.15) is 0 Å². The Hall–Kier alpha value is -3.98. The number of nitrogens with zero attached hydrogens (tertiary/aromatic N) is 4. The van der Waals surface area contributed by atoms with Gasteiger partial charge in [0.05, 0.1) is 25.4 Å². The minimum absolute atomic E-state index is 0.0434. The number of ether oxygens (including phenoxy) is 1. The number of piperazine rings is 1. The normalized spacial score (nSPS) is 13.7. The van der Waals surface area contributed by atoms with E-state index >= 15 is 0 Å². The van der Waals surface area contributed by atoms with Crippen LogP contribution in [-0.4, -0.2) is 66.6 Å². The van der Waals surface area contributed by atoms with Gasteiger partial charge < -0.3 is 25.6 Å². The molecule has 4 rings (SSSR count). The molecule has 0 aliphatic carbocycles. The average molecular weight is 475 g/mol. The van der Waals surface area contributed by atoms with Crippen molar-refractivity contribution < 1.29 is 14.3 Å². The fourth-order valence-electron chi connectivity index (χ4n) is 3.97. The lowest BCUT2D eigenvalue weighted by atomic mass is 10.0. The highest BCUT2D eigenvalue weighted by molar-refractivity contribution is 5.94. The molecular formula is C26H30N6O3. The minimum Gasteiger partial charge on any atom is -0.399 e. The summed E-state index contributed by atoms with van der Waals surface area (Å²) in [5, 5.41) is 2.92. The highest BCUT2D eigenvalue weighted by Crippen LogP contribution is 2.21. The fraction of sp³-hybridized carbons (Fsp3) is 0.308. The number of carbonyl (C=O) groups is 2. The van der Waals surface area contributed by atoms with E-state index in [0.717, 1.165) is 11.1 Å². The van der Waals surface area contributed by atoms with Crippen LogP contribution in [0.2, 0.25) is 0 Å². The number of amides is 2. The van der Waals surface area contributed by atoms with E-state index in [4.69, 9.17) is 10.5 Å². The number of benzene rings is 2. The Labute approximate surface area is 204 Å². The first-order valence-electron chi connectivity index (χ1n) is 11.5. The molecule has 9 nitrogen and oxygen atoms in total. The highest BCUT2D eigenvalue weighted by Gasteiger charge is 2.25. The van der Waals surface area contributed by atoms with E-state index in [1.165, 1.54) is 0 Å². The van der Waals surface area contributed by atoms with Gasteiger partial charge in [0.2, 0.25) is 5.91 Å². The molecule has 0 unspecified atom stereocenters. The maximum Gasteiger partial charge on any atom is 0.251 e. The van der Waals surface area contributed by atoms with E-state index in [9.17, 15) is 9.59 Å². The van der Waals surface area contributed by atoms with E-state index in [1.54, 1.807) is 31.1 Å². The number of hydrogen-bond donors (Lipinski definition) is 2. The molecule has 182 valence electrons. The summed E-state index contributed by atoms with van der Waals surface area (Å²) in [7, 11) is 1.63. The average Bonchev–Trinajstić information content (AvgIpc) is 2.87. The van der Waals surface area contributed by atoms with E-state index in [2.05, 4.69) is 15.3 Å². The zero-order chi connectivity index (χ0) is 24.8. The third-order valence-corrected chi connectivity index (χ3v) is 5.91. The molecule has 2 amide bonds. The van der Waals surface area contributed by atoms with Gasteiger partial charge in [-0.1, -0.05) is 24.3 Å². The smallest absolute Gasteiger partial charge is 0.251 e. The van der Waals surface area contributed by atoms with Gasteiger partial charge in [-0.15, -0.1) is 0 Å². The molecular weight excluding hydrogens is 444 g/mol. The fourth-order valence-corrected chi connectivity index (χ4v) is 3.97. The lowest BCUT2D eigenvalue weighted by Gasteiger charge is -2.35. The Kier molecular flexibility index (Phi) is 7.57. The van der Waals surface area contributed by atoms with Crippen molar-refractivity contribution in [1.29, 1.82) is 0 Å². The Morgan fingerprint density at radius 3 is 2.40 bits per heavy atom. The monoisotopic (exact) mass is 474 g/mol. The summed E-state index contributed by atoms with van der Waals surface area (Å²) in [5.41, 5.74) is 9.76. The second-order valence-corrected chi connectivity index (χ2v) is 8.44. The number of nitrogen functional groups attached to an aromatic ring is 1. The van der Waals surface area contributed by atoms with Gasteiger partial charge in [0.15, 0.2) is 0 Å². The van der Waals surface area contributed by atoms with Crippen LogP contribution in [0.15, 0.2) is 54.6 Å². The van der Waals surface area contributed by atoms with Crippen LogP contribution in [0.4, 0.5) is 11.5 Å². The van der Waals surface area contributed by atoms with Crippen molar-refractivity contribution >= 4 is 23.3 Å². The van der Waals surface area contributed by atoms with Gasteiger partial charge in [0.25, 0.3) is 5.91 Å².